The van der Waals surface area contributed by atoms with Gasteiger partial charge in [0.1, 0.15) is 11.8 Å². The summed E-state index contributed by atoms with van der Waals surface area (Å²) < 4.78 is 37.2. The maximum Gasteiger partial charge on any atom is 0.256 e. The fourth-order valence-electron chi connectivity index (χ4n) is 3.61. The molecule has 0 unspecified atom stereocenters. The van der Waals surface area contributed by atoms with Crippen LogP contribution in [-0.4, -0.2) is 64.0 Å². The van der Waals surface area contributed by atoms with Crippen molar-refractivity contribution in [2.75, 3.05) is 43.6 Å². The summed E-state index contributed by atoms with van der Waals surface area (Å²) in [5, 5.41) is 3.07. The van der Waals surface area contributed by atoms with Crippen LogP contribution in [0.4, 0.5) is 11.4 Å². The third kappa shape index (κ3) is 4.27. The highest BCUT2D eigenvalue weighted by Crippen LogP contribution is 2.27. The Labute approximate surface area is 180 Å². The van der Waals surface area contributed by atoms with Crippen molar-refractivity contribution in [3.63, 3.8) is 0 Å². The Morgan fingerprint density at radius 3 is 2.26 bits per heavy atom. The van der Waals surface area contributed by atoms with Crippen LogP contribution in [0.3, 0.4) is 0 Å². The van der Waals surface area contributed by atoms with Gasteiger partial charge in [-0.15, -0.1) is 0 Å². The summed E-state index contributed by atoms with van der Waals surface area (Å²) in [5.74, 6) is -0.0440. The summed E-state index contributed by atoms with van der Waals surface area (Å²) in [5.41, 5.74) is 1.04. The molecular weight excluding hydrogens is 422 g/mol. The molecule has 2 aromatic carbocycles. The molecular formula is C21H23N3O6S. The predicted molar refractivity (Wildman–Crippen MR) is 114 cm³/mol. The SMILES string of the molecule is COc1ccc(N[C@@H]2CC(=O)N(c3ccc(S(=O)(=O)N4CCOCC4)cc3)C2=O)cc1. The molecule has 2 aliphatic heterocycles. The van der Waals surface area contributed by atoms with Gasteiger partial charge in [0.25, 0.3) is 5.91 Å². The molecule has 164 valence electrons. The first-order valence-corrected chi connectivity index (χ1v) is 11.3. The smallest absolute Gasteiger partial charge is 0.256 e. The van der Waals surface area contributed by atoms with Crippen LogP contribution in [0.5, 0.6) is 5.75 Å². The second kappa shape index (κ2) is 8.66. The number of benzene rings is 2. The molecule has 0 bridgehead atoms. The van der Waals surface area contributed by atoms with Gasteiger partial charge in [0.05, 0.1) is 37.3 Å². The predicted octanol–water partition coefficient (Wildman–Crippen LogP) is 1.46. The Kier molecular flexibility index (Phi) is 5.94. The van der Waals surface area contributed by atoms with Crippen molar-refractivity contribution in [1.29, 1.82) is 0 Å². The second-order valence-corrected chi connectivity index (χ2v) is 9.15. The first-order chi connectivity index (χ1) is 14.9. The lowest BCUT2D eigenvalue weighted by Crippen LogP contribution is -2.40. The zero-order valence-corrected chi connectivity index (χ0v) is 17.8. The number of amides is 2. The summed E-state index contributed by atoms with van der Waals surface area (Å²) in [6.07, 6.45) is 0.0126. The van der Waals surface area contributed by atoms with E-state index in [1.165, 1.54) is 28.6 Å². The van der Waals surface area contributed by atoms with E-state index >= 15 is 0 Å². The number of methoxy groups -OCH3 is 1. The third-order valence-corrected chi connectivity index (χ3v) is 7.19. The number of nitrogens with one attached hydrogen (secondary N) is 1. The summed E-state index contributed by atoms with van der Waals surface area (Å²) in [6, 6.07) is 12.2. The van der Waals surface area contributed by atoms with Gasteiger partial charge in [-0.3, -0.25) is 9.59 Å². The van der Waals surface area contributed by atoms with E-state index in [4.69, 9.17) is 9.47 Å². The molecule has 2 heterocycles. The maximum atomic E-state index is 12.9. The summed E-state index contributed by atoms with van der Waals surface area (Å²) in [7, 11) is -2.08. The fraction of sp³-hybridized carbons (Fsp3) is 0.333. The molecule has 2 saturated heterocycles. The van der Waals surface area contributed by atoms with E-state index < -0.39 is 16.1 Å². The van der Waals surface area contributed by atoms with E-state index in [0.29, 0.717) is 43.4 Å². The van der Waals surface area contributed by atoms with Crippen LogP contribution in [0.2, 0.25) is 0 Å². The van der Waals surface area contributed by atoms with Gasteiger partial charge < -0.3 is 14.8 Å². The number of imide groups is 1. The molecule has 1 N–H and O–H groups in total. The van der Waals surface area contributed by atoms with Crippen molar-refractivity contribution < 1.29 is 27.5 Å². The summed E-state index contributed by atoms with van der Waals surface area (Å²) in [6.45, 7) is 1.31. The summed E-state index contributed by atoms with van der Waals surface area (Å²) in [4.78, 5) is 26.6. The number of morpholine rings is 1. The van der Waals surface area contributed by atoms with E-state index in [1.807, 2.05) is 0 Å². The normalized spacial score (nSPS) is 20.2. The topological polar surface area (TPSA) is 105 Å². The van der Waals surface area contributed by atoms with Gasteiger partial charge in [0.2, 0.25) is 15.9 Å². The average molecular weight is 445 g/mol. The minimum atomic E-state index is -3.64. The monoisotopic (exact) mass is 445 g/mol. The largest absolute Gasteiger partial charge is 0.497 e. The van der Waals surface area contributed by atoms with Crippen molar-refractivity contribution >= 4 is 33.2 Å². The number of carbonyl (C=O) groups is 2. The standard InChI is InChI=1S/C21H23N3O6S/c1-29-17-6-2-15(3-7-17)22-19-14-20(25)24(21(19)26)16-4-8-18(9-5-16)31(27,28)23-10-12-30-13-11-23/h2-9,19,22H,10-14H2,1H3/t19-/m1/s1. The number of ether oxygens (including phenoxy) is 2. The van der Waals surface area contributed by atoms with E-state index in [0.717, 1.165) is 4.90 Å². The molecule has 2 amide bonds. The van der Waals surface area contributed by atoms with Crippen LogP contribution in [0.15, 0.2) is 53.4 Å². The molecule has 4 rings (SSSR count). The number of carbonyl (C=O) groups excluding carboxylic acids is 2. The molecule has 1 atom stereocenters. The van der Waals surface area contributed by atoms with Gasteiger partial charge in [0, 0.05) is 18.8 Å². The lowest BCUT2D eigenvalue weighted by atomic mass is 10.2. The van der Waals surface area contributed by atoms with Crippen LogP contribution in [0, 0.1) is 0 Å². The molecule has 2 aliphatic rings. The van der Waals surface area contributed by atoms with Crippen LogP contribution in [0.1, 0.15) is 6.42 Å². The molecule has 0 radical (unpaired) electrons. The zero-order chi connectivity index (χ0) is 22.0. The second-order valence-electron chi connectivity index (χ2n) is 7.21. The molecule has 0 aliphatic carbocycles. The lowest BCUT2D eigenvalue weighted by Gasteiger charge is -2.26. The highest BCUT2D eigenvalue weighted by molar-refractivity contribution is 7.89. The van der Waals surface area contributed by atoms with E-state index in [-0.39, 0.29) is 23.1 Å². The van der Waals surface area contributed by atoms with Crippen LogP contribution >= 0.6 is 0 Å². The average Bonchev–Trinajstić information content (AvgIpc) is 3.07. The van der Waals surface area contributed by atoms with Gasteiger partial charge in [0.15, 0.2) is 0 Å². The van der Waals surface area contributed by atoms with E-state index in [9.17, 15) is 18.0 Å². The van der Waals surface area contributed by atoms with Gasteiger partial charge in [-0.05, 0) is 48.5 Å². The zero-order valence-electron chi connectivity index (χ0n) is 17.0. The van der Waals surface area contributed by atoms with Crippen molar-refractivity contribution in [2.24, 2.45) is 0 Å². The van der Waals surface area contributed by atoms with Crippen molar-refractivity contribution in [1.82, 2.24) is 4.31 Å². The van der Waals surface area contributed by atoms with Gasteiger partial charge >= 0.3 is 0 Å². The van der Waals surface area contributed by atoms with E-state index in [1.54, 1.807) is 31.4 Å². The van der Waals surface area contributed by atoms with Crippen LogP contribution in [0.25, 0.3) is 0 Å². The Bertz CT molecular complexity index is 1060. The quantitative estimate of drug-likeness (QED) is 0.671. The molecule has 10 heteroatoms. The Morgan fingerprint density at radius 2 is 1.65 bits per heavy atom. The van der Waals surface area contributed by atoms with Gasteiger partial charge in [-0.1, -0.05) is 0 Å². The minimum Gasteiger partial charge on any atom is -0.497 e. The minimum absolute atomic E-state index is 0.0126. The molecule has 9 nitrogen and oxygen atoms in total. The first kappa shape index (κ1) is 21.3. The number of hydrogen-bond acceptors (Lipinski definition) is 7. The molecule has 2 fully saturated rings. The molecule has 0 saturated carbocycles. The van der Waals surface area contributed by atoms with Crippen molar-refractivity contribution in [3.05, 3.63) is 48.5 Å². The lowest BCUT2D eigenvalue weighted by molar-refractivity contribution is -0.121. The third-order valence-electron chi connectivity index (χ3n) is 5.28. The molecule has 2 aromatic rings. The number of anilines is 2. The fourth-order valence-corrected chi connectivity index (χ4v) is 5.02. The Morgan fingerprint density at radius 1 is 1.00 bits per heavy atom. The summed E-state index contributed by atoms with van der Waals surface area (Å²) >= 11 is 0. The van der Waals surface area contributed by atoms with E-state index in [2.05, 4.69) is 5.32 Å². The molecule has 31 heavy (non-hydrogen) atoms. The highest BCUT2D eigenvalue weighted by Gasteiger charge is 2.39. The molecule has 0 spiro atoms. The van der Waals surface area contributed by atoms with Crippen molar-refractivity contribution in [3.8, 4) is 5.75 Å². The van der Waals surface area contributed by atoms with Crippen LogP contribution < -0.4 is 15.0 Å². The number of hydrogen-bond donors (Lipinski definition) is 1. The first-order valence-electron chi connectivity index (χ1n) is 9.85. The number of rotatable bonds is 6. The Hall–Kier alpha value is -2.95. The number of nitrogens with zero attached hydrogens (tertiary/aromatic N) is 2. The number of sulfonamides is 1. The highest BCUT2D eigenvalue weighted by atomic mass is 32.2. The molecule has 0 aromatic heterocycles. The van der Waals surface area contributed by atoms with Crippen molar-refractivity contribution in [2.45, 2.75) is 17.4 Å². The van der Waals surface area contributed by atoms with Gasteiger partial charge in [-0.25, -0.2) is 13.3 Å². The van der Waals surface area contributed by atoms with Gasteiger partial charge in [-0.2, -0.15) is 4.31 Å². The van der Waals surface area contributed by atoms with Crippen LogP contribution in [-0.2, 0) is 24.3 Å². The Balaban J connectivity index is 1.48. The maximum absolute atomic E-state index is 12.9.